The second-order valence-electron chi connectivity index (χ2n) is 5.01. The van der Waals surface area contributed by atoms with Crippen LogP contribution in [0.5, 0.6) is 0 Å². The number of anilines is 1. The minimum atomic E-state index is -4.81. The highest BCUT2D eigenvalue weighted by molar-refractivity contribution is 7.92. The molecule has 0 saturated heterocycles. The van der Waals surface area contributed by atoms with Crippen LogP contribution in [-0.2, 0) is 20.9 Å². The lowest BCUT2D eigenvalue weighted by atomic mass is 10.2. The van der Waals surface area contributed by atoms with E-state index in [4.69, 9.17) is 16.3 Å². The summed E-state index contributed by atoms with van der Waals surface area (Å²) in [4.78, 5) is 11.2. The lowest BCUT2D eigenvalue weighted by Crippen LogP contribution is -2.17. The summed E-state index contributed by atoms with van der Waals surface area (Å²) >= 11 is 5.50. The lowest BCUT2D eigenvalue weighted by Gasteiger charge is -2.14. The van der Waals surface area contributed by atoms with Gasteiger partial charge >= 0.3 is 12.1 Å². The molecule has 26 heavy (non-hydrogen) atoms. The van der Waals surface area contributed by atoms with Gasteiger partial charge in [-0.2, -0.15) is 13.2 Å². The Bertz CT molecular complexity index is 929. The number of rotatable bonds is 5. The highest BCUT2D eigenvalue weighted by atomic mass is 35.5. The first-order valence-corrected chi connectivity index (χ1v) is 9.08. The number of carbonyl (C=O) groups excluding carboxylic acids is 1. The normalized spacial score (nSPS) is 11.9. The first-order chi connectivity index (χ1) is 12.1. The van der Waals surface area contributed by atoms with Crippen molar-refractivity contribution >= 4 is 33.3 Å². The molecule has 0 bridgehead atoms. The Morgan fingerprint density at radius 2 is 1.85 bits per heavy atom. The zero-order valence-corrected chi connectivity index (χ0v) is 14.9. The van der Waals surface area contributed by atoms with Gasteiger partial charge in [0, 0.05) is 0 Å². The van der Waals surface area contributed by atoms with E-state index >= 15 is 0 Å². The van der Waals surface area contributed by atoms with E-state index in [2.05, 4.69) is 4.72 Å². The van der Waals surface area contributed by atoms with Gasteiger partial charge in [0.1, 0.15) is 0 Å². The number of hydrogen-bond donors (Lipinski definition) is 1. The van der Waals surface area contributed by atoms with Crippen LogP contribution in [0.1, 0.15) is 22.8 Å². The van der Waals surface area contributed by atoms with Crippen molar-refractivity contribution in [1.82, 2.24) is 0 Å². The first-order valence-electron chi connectivity index (χ1n) is 7.22. The van der Waals surface area contributed by atoms with Gasteiger partial charge in [-0.1, -0.05) is 23.7 Å². The highest BCUT2D eigenvalue weighted by Crippen LogP contribution is 2.36. The number of ether oxygens (including phenoxy) is 1. The summed E-state index contributed by atoms with van der Waals surface area (Å²) in [6, 6.07) is 7.79. The van der Waals surface area contributed by atoms with Crippen LogP contribution in [0.3, 0.4) is 0 Å². The molecule has 0 heterocycles. The van der Waals surface area contributed by atoms with Crippen LogP contribution in [-0.4, -0.2) is 21.0 Å². The maximum atomic E-state index is 12.9. The van der Waals surface area contributed by atoms with Gasteiger partial charge < -0.3 is 4.74 Å². The average molecular weight is 408 g/mol. The topological polar surface area (TPSA) is 72.5 Å². The Kier molecular flexibility index (Phi) is 5.82. The monoisotopic (exact) mass is 407 g/mol. The first kappa shape index (κ1) is 20.1. The van der Waals surface area contributed by atoms with E-state index < -0.39 is 37.7 Å². The quantitative estimate of drug-likeness (QED) is 0.748. The van der Waals surface area contributed by atoms with Crippen molar-refractivity contribution in [2.75, 3.05) is 11.3 Å². The van der Waals surface area contributed by atoms with Gasteiger partial charge in [-0.25, -0.2) is 13.2 Å². The van der Waals surface area contributed by atoms with Gasteiger partial charge in [0.25, 0.3) is 10.0 Å². The van der Waals surface area contributed by atoms with E-state index in [1.54, 1.807) is 6.92 Å². The van der Waals surface area contributed by atoms with Crippen LogP contribution in [0.2, 0.25) is 5.02 Å². The Morgan fingerprint density at radius 1 is 1.19 bits per heavy atom. The fourth-order valence-corrected chi connectivity index (χ4v) is 3.38. The molecule has 0 aliphatic rings. The maximum absolute atomic E-state index is 12.9. The largest absolute Gasteiger partial charge is 0.462 e. The molecule has 0 unspecified atom stereocenters. The third-order valence-electron chi connectivity index (χ3n) is 3.22. The van der Waals surface area contributed by atoms with Crippen molar-refractivity contribution < 1.29 is 31.1 Å². The van der Waals surface area contributed by atoms with E-state index in [1.165, 1.54) is 24.3 Å². The van der Waals surface area contributed by atoms with Crippen LogP contribution >= 0.6 is 11.6 Å². The molecule has 0 aliphatic carbocycles. The number of esters is 1. The predicted octanol–water partition coefficient (Wildman–Crippen LogP) is 4.34. The standard InChI is InChI=1S/C16H13ClF3NO4S/c1-2-25-15(22)11-5-3-4-6-14(11)21-26(23,24)10-7-8-13(17)12(9-10)16(18,19)20/h3-9,21H,2H2,1H3. The van der Waals surface area contributed by atoms with Gasteiger partial charge in [-0.15, -0.1) is 0 Å². The molecule has 10 heteroatoms. The summed E-state index contributed by atoms with van der Waals surface area (Å²) in [7, 11) is -4.40. The number of benzene rings is 2. The fraction of sp³-hybridized carbons (Fsp3) is 0.188. The summed E-state index contributed by atoms with van der Waals surface area (Å²) in [5.41, 5.74) is -1.46. The van der Waals surface area contributed by atoms with E-state index in [0.29, 0.717) is 6.07 Å². The smallest absolute Gasteiger partial charge is 0.417 e. The fourth-order valence-electron chi connectivity index (χ4n) is 2.05. The van der Waals surface area contributed by atoms with Gasteiger partial charge in [0.2, 0.25) is 0 Å². The molecule has 1 N–H and O–H groups in total. The molecule has 0 atom stereocenters. The Hall–Kier alpha value is -2.26. The highest BCUT2D eigenvalue weighted by Gasteiger charge is 2.34. The number of nitrogens with one attached hydrogen (secondary N) is 1. The van der Waals surface area contributed by atoms with E-state index in [1.807, 2.05) is 0 Å². The molecule has 0 aromatic heterocycles. The van der Waals surface area contributed by atoms with E-state index in [9.17, 15) is 26.4 Å². The lowest BCUT2D eigenvalue weighted by molar-refractivity contribution is -0.137. The Labute approximate surface area is 152 Å². The molecule has 0 fully saturated rings. The number of hydrogen-bond acceptors (Lipinski definition) is 4. The molecule has 0 radical (unpaired) electrons. The van der Waals surface area contributed by atoms with E-state index in [-0.39, 0.29) is 17.9 Å². The molecule has 2 aromatic rings. The molecule has 0 spiro atoms. The molecular formula is C16H13ClF3NO4S. The molecule has 2 aromatic carbocycles. The Balaban J connectivity index is 2.44. The maximum Gasteiger partial charge on any atom is 0.417 e. The molecular weight excluding hydrogens is 395 g/mol. The van der Waals surface area contributed by atoms with Crippen LogP contribution in [0, 0.1) is 0 Å². The molecule has 0 aliphatic heterocycles. The number of halogens is 4. The molecule has 2 rings (SSSR count). The van der Waals surface area contributed by atoms with Crippen molar-refractivity contribution in [3.63, 3.8) is 0 Å². The number of carbonyl (C=O) groups is 1. The minimum Gasteiger partial charge on any atom is -0.462 e. The molecule has 5 nitrogen and oxygen atoms in total. The van der Waals surface area contributed by atoms with Crippen LogP contribution in [0.15, 0.2) is 47.4 Å². The Morgan fingerprint density at radius 3 is 2.46 bits per heavy atom. The molecule has 0 amide bonds. The summed E-state index contributed by atoms with van der Waals surface area (Å²) in [5, 5.41) is -0.622. The molecule has 140 valence electrons. The molecule has 0 saturated carbocycles. The van der Waals surface area contributed by atoms with Crippen molar-refractivity contribution in [2.45, 2.75) is 18.0 Å². The van der Waals surface area contributed by atoms with Crippen molar-refractivity contribution in [1.29, 1.82) is 0 Å². The zero-order chi connectivity index (χ0) is 19.5. The van der Waals surface area contributed by atoms with Gasteiger partial charge in [0.15, 0.2) is 0 Å². The summed E-state index contributed by atoms with van der Waals surface area (Å²) in [6.45, 7) is 1.66. The third-order valence-corrected chi connectivity index (χ3v) is 4.91. The van der Waals surface area contributed by atoms with Crippen molar-refractivity contribution in [3.8, 4) is 0 Å². The summed E-state index contributed by atoms with van der Waals surface area (Å²) in [6.07, 6.45) is -4.81. The van der Waals surface area contributed by atoms with Crippen molar-refractivity contribution in [2.24, 2.45) is 0 Å². The third kappa shape index (κ3) is 4.47. The van der Waals surface area contributed by atoms with Crippen molar-refractivity contribution in [3.05, 3.63) is 58.6 Å². The zero-order valence-electron chi connectivity index (χ0n) is 13.3. The minimum absolute atomic E-state index is 0.0667. The second kappa shape index (κ2) is 7.55. The SMILES string of the molecule is CCOC(=O)c1ccccc1NS(=O)(=O)c1ccc(Cl)c(C(F)(F)F)c1. The second-order valence-corrected chi connectivity index (χ2v) is 7.10. The van der Waals surface area contributed by atoms with Crippen LogP contribution in [0.25, 0.3) is 0 Å². The summed E-state index contributed by atoms with van der Waals surface area (Å²) < 4.78 is 70.6. The summed E-state index contributed by atoms with van der Waals surface area (Å²) in [5.74, 6) is -0.766. The van der Waals surface area contributed by atoms with Gasteiger partial charge in [-0.05, 0) is 37.3 Å². The van der Waals surface area contributed by atoms with E-state index in [0.717, 1.165) is 12.1 Å². The number of alkyl halides is 3. The van der Waals surface area contributed by atoms with Crippen LogP contribution in [0.4, 0.5) is 18.9 Å². The van der Waals surface area contributed by atoms with Gasteiger partial charge in [0.05, 0.1) is 33.3 Å². The number of para-hydroxylation sites is 1. The predicted molar refractivity (Wildman–Crippen MR) is 89.7 cm³/mol. The van der Waals surface area contributed by atoms with Crippen LogP contribution < -0.4 is 4.72 Å². The average Bonchev–Trinajstić information content (AvgIpc) is 2.54. The van der Waals surface area contributed by atoms with Gasteiger partial charge in [-0.3, -0.25) is 4.72 Å². The number of sulfonamides is 1.